The van der Waals surface area contributed by atoms with Gasteiger partial charge in [0.25, 0.3) is 0 Å². The van der Waals surface area contributed by atoms with E-state index in [4.69, 9.17) is 4.74 Å². The van der Waals surface area contributed by atoms with E-state index < -0.39 is 18.2 Å². The van der Waals surface area contributed by atoms with Crippen molar-refractivity contribution in [3.05, 3.63) is 0 Å². The third-order valence-corrected chi connectivity index (χ3v) is 4.66. The van der Waals surface area contributed by atoms with Crippen LogP contribution in [0.25, 0.3) is 0 Å². The van der Waals surface area contributed by atoms with Crippen molar-refractivity contribution < 1.29 is 23.9 Å². The highest BCUT2D eigenvalue weighted by Crippen LogP contribution is 2.31. The van der Waals surface area contributed by atoms with Crippen molar-refractivity contribution in [3.63, 3.8) is 0 Å². The lowest BCUT2D eigenvalue weighted by atomic mass is 10.0. The molecule has 2 saturated heterocycles. The second-order valence-corrected chi connectivity index (χ2v) is 7.74. The molecule has 0 unspecified atom stereocenters. The molecule has 3 amide bonds. The molecule has 0 saturated carbocycles. The van der Waals surface area contributed by atoms with Crippen molar-refractivity contribution in [2.75, 3.05) is 13.1 Å². The fraction of sp³-hybridized carbons (Fsp3) is 0.778. The van der Waals surface area contributed by atoms with Gasteiger partial charge >= 0.3 is 6.09 Å². The highest BCUT2D eigenvalue weighted by molar-refractivity contribution is 5.98. The van der Waals surface area contributed by atoms with Gasteiger partial charge in [-0.2, -0.15) is 0 Å². The summed E-state index contributed by atoms with van der Waals surface area (Å²) in [5.41, 5.74) is 0. The predicted molar refractivity (Wildman–Crippen MR) is 94.3 cm³/mol. The predicted octanol–water partition coefficient (Wildman–Crippen LogP) is 0.936. The Morgan fingerprint density at radius 3 is 2.38 bits per heavy atom. The first-order valence-corrected chi connectivity index (χ1v) is 9.19. The molecule has 8 nitrogen and oxygen atoms in total. The molecule has 2 aliphatic heterocycles. The highest BCUT2D eigenvalue weighted by atomic mass is 16.6. The number of ether oxygens (including phenoxy) is 1. The molecule has 3 atom stereocenters. The van der Waals surface area contributed by atoms with Gasteiger partial charge in [-0.3, -0.25) is 19.3 Å². The quantitative estimate of drug-likeness (QED) is 0.780. The molecule has 0 aliphatic carbocycles. The fourth-order valence-electron chi connectivity index (χ4n) is 3.72. The number of fused-ring (bicyclic) bond motifs is 1. The number of nitrogens with zero attached hydrogens (tertiary/aromatic N) is 2. The number of amides is 3. The molecule has 26 heavy (non-hydrogen) atoms. The SMILES string of the molecule is CC(=O)N[C@@H](CC(C)C)C(=O)N1CC(=O)[C@@H]2[C@H]1CCN2C(=O)OC(C)C. The molecule has 0 aromatic carbocycles. The molecule has 2 fully saturated rings. The number of carbonyl (C=O) groups excluding carboxylic acids is 4. The lowest BCUT2D eigenvalue weighted by molar-refractivity contribution is -0.137. The van der Waals surface area contributed by atoms with E-state index in [0.717, 1.165) is 0 Å². The summed E-state index contributed by atoms with van der Waals surface area (Å²) in [6.07, 6.45) is 0.241. The summed E-state index contributed by atoms with van der Waals surface area (Å²) in [7, 11) is 0. The van der Waals surface area contributed by atoms with Crippen molar-refractivity contribution in [2.24, 2.45) is 5.92 Å². The van der Waals surface area contributed by atoms with Gasteiger partial charge in [-0.05, 0) is 32.6 Å². The number of hydrogen-bond donors (Lipinski definition) is 1. The molecular weight excluding hydrogens is 338 g/mol. The molecule has 0 radical (unpaired) electrons. The fourth-order valence-corrected chi connectivity index (χ4v) is 3.72. The average Bonchev–Trinajstić information content (AvgIpc) is 3.06. The Bertz CT molecular complexity index is 589. The Kier molecular flexibility index (Phi) is 6.26. The third kappa shape index (κ3) is 4.34. The van der Waals surface area contributed by atoms with E-state index in [0.29, 0.717) is 19.4 Å². The monoisotopic (exact) mass is 367 g/mol. The molecule has 8 heteroatoms. The molecule has 0 aromatic heterocycles. The molecule has 0 spiro atoms. The molecule has 0 aromatic rings. The van der Waals surface area contributed by atoms with Crippen molar-refractivity contribution in [1.82, 2.24) is 15.1 Å². The Morgan fingerprint density at radius 2 is 1.85 bits per heavy atom. The second-order valence-electron chi connectivity index (χ2n) is 7.74. The topological polar surface area (TPSA) is 96.0 Å². The van der Waals surface area contributed by atoms with Crippen LogP contribution in [0.4, 0.5) is 4.79 Å². The molecule has 2 heterocycles. The summed E-state index contributed by atoms with van der Waals surface area (Å²) in [6.45, 7) is 9.17. The molecule has 1 N–H and O–H groups in total. The summed E-state index contributed by atoms with van der Waals surface area (Å²) in [4.78, 5) is 52.2. The van der Waals surface area contributed by atoms with Gasteiger partial charge in [0.1, 0.15) is 12.1 Å². The summed E-state index contributed by atoms with van der Waals surface area (Å²) in [5, 5.41) is 2.70. The van der Waals surface area contributed by atoms with Gasteiger partial charge in [-0.1, -0.05) is 13.8 Å². The molecule has 0 bridgehead atoms. The Hall–Kier alpha value is -2.12. The first-order valence-electron chi connectivity index (χ1n) is 9.19. The zero-order chi connectivity index (χ0) is 19.6. The number of carbonyl (C=O) groups is 4. The molecule has 2 aliphatic rings. The number of nitrogens with one attached hydrogen (secondary N) is 1. The maximum absolute atomic E-state index is 13.0. The molecular formula is C18H29N3O5. The largest absolute Gasteiger partial charge is 0.447 e. The molecule has 146 valence electrons. The zero-order valence-corrected chi connectivity index (χ0v) is 16.2. The van der Waals surface area contributed by atoms with Crippen molar-refractivity contribution in [3.8, 4) is 0 Å². The Morgan fingerprint density at radius 1 is 1.19 bits per heavy atom. The summed E-state index contributed by atoms with van der Waals surface area (Å²) in [5.74, 6) is -0.480. The van der Waals surface area contributed by atoms with Gasteiger partial charge < -0.3 is 15.0 Å². The molecule has 2 rings (SSSR count). The maximum Gasteiger partial charge on any atom is 0.410 e. The average molecular weight is 367 g/mol. The minimum atomic E-state index is -0.657. The van der Waals surface area contributed by atoms with Crippen LogP contribution in [0.2, 0.25) is 0 Å². The minimum Gasteiger partial charge on any atom is -0.447 e. The summed E-state index contributed by atoms with van der Waals surface area (Å²) < 4.78 is 5.21. The van der Waals surface area contributed by atoms with E-state index in [1.807, 2.05) is 13.8 Å². The van der Waals surface area contributed by atoms with Crippen molar-refractivity contribution in [2.45, 2.75) is 71.7 Å². The number of hydrogen-bond acceptors (Lipinski definition) is 5. The van der Waals surface area contributed by atoms with E-state index in [-0.39, 0.29) is 42.2 Å². The number of Topliss-reactive ketones (excluding diaryl/α,β-unsaturated/α-hetero) is 1. The van der Waals surface area contributed by atoms with Crippen LogP contribution in [-0.2, 0) is 19.1 Å². The Labute approximate surface area is 154 Å². The first kappa shape index (κ1) is 20.2. The number of ketones is 1. The van der Waals surface area contributed by atoms with Crippen molar-refractivity contribution >= 4 is 23.7 Å². The van der Waals surface area contributed by atoms with Gasteiger partial charge in [0.15, 0.2) is 5.78 Å². The standard InChI is InChI=1S/C18H29N3O5/c1-10(2)8-13(19-12(5)22)17(24)21-9-15(23)16-14(21)6-7-20(16)18(25)26-11(3)4/h10-11,13-14,16H,6-9H2,1-5H3,(H,19,22)/t13-,14+,16-/m0/s1. The minimum absolute atomic E-state index is 0.0339. The first-order chi connectivity index (χ1) is 12.1. The van der Waals surface area contributed by atoms with E-state index >= 15 is 0 Å². The van der Waals surface area contributed by atoms with Gasteiger partial charge in [-0.25, -0.2) is 4.79 Å². The van der Waals surface area contributed by atoms with Crippen LogP contribution in [0.3, 0.4) is 0 Å². The van der Waals surface area contributed by atoms with E-state index in [1.54, 1.807) is 13.8 Å². The Balaban J connectivity index is 2.14. The maximum atomic E-state index is 13.0. The van der Waals surface area contributed by atoms with Gasteiger partial charge in [0, 0.05) is 13.5 Å². The van der Waals surface area contributed by atoms with E-state index in [1.165, 1.54) is 16.7 Å². The smallest absolute Gasteiger partial charge is 0.410 e. The van der Waals surface area contributed by atoms with Gasteiger partial charge in [0.2, 0.25) is 11.8 Å². The van der Waals surface area contributed by atoms with Gasteiger partial charge in [0.05, 0.1) is 18.7 Å². The lowest BCUT2D eigenvalue weighted by Crippen LogP contribution is -2.51. The van der Waals surface area contributed by atoms with E-state index in [2.05, 4.69) is 5.32 Å². The van der Waals surface area contributed by atoms with Crippen LogP contribution in [0, 0.1) is 5.92 Å². The number of likely N-dealkylation sites (tertiary alicyclic amines) is 2. The van der Waals surface area contributed by atoms with Crippen LogP contribution >= 0.6 is 0 Å². The van der Waals surface area contributed by atoms with Crippen LogP contribution in [0.15, 0.2) is 0 Å². The summed E-state index contributed by atoms with van der Waals surface area (Å²) >= 11 is 0. The zero-order valence-electron chi connectivity index (χ0n) is 16.2. The normalized spacial score (nSPS) is 23.4. The summed E-state index contributed by atoms with van der Waals surface area (Å²) in [6, 6.07) is -1.66. The van der Waals surface area contributed by atoms with Crippen LogP contribution < -0.4 is 5.32 Å². The highest BCUT2D eigenvalue weighted by Gasteiger charge is 2.52. The number of rotatable bonds is 5. The second kappa shape index (κ2) is 8.05. The van der Waals surface area contributed by atoms with Crippen LogP contribution in [-0.4, -0.2) is 70.8 Å². The van der Waals surface area contributed by atoms with Gasteiger partial charge in [-0.15, -0.1) is 0 Å². The van der Waals surface area contributed by atoms with Crippen molar-refractivity contribution in [1.29, 1.82) is 0 Å². The van der Waals surface area contributed by atoms with Crippen LogP contribution in [0.1, 0.15) is 47.5 Å². The van der Waals surface area contributed by atoms with E-state index in [9.17, 15) is 19.2 Å². The van der Waals surface area contributed by atoms with Crippen LogP contribution in [0.5, 0.6) is 0 Å². The third-order valence-electron chi connectivity index (χ3n) is 4.66. The lowest BCUT2D eigenvalue weighted by Gasteiger charge is -2.28.